The summed E-state index contributed by atoms with van der Waals surface area (Å²) in [7, 11) is -2.94. The van der Waals surface area contributed by atoms with Gasteiger partial charge in [0.1, 0.15) is 12.5 Å². The quantitative estimate of drug-likeness (QED) is 0.667. The van der Waals surface area contributed by atoms with E-state index in [4.69, 9.17) is 16.2 Å². The van der Waals surface area contributed by atoms with Crippen LogP contribution >= 0.6 is 11.6 Å². The molecule has 0 aromatic heterocycles. The Labute approximate surface area is 104 Å². The first kappa shape index (κ1) is 15.7. The Balaban J connectivity index is 0.000000325. The lowest BCUT2D eigenvalue weighted by Gasteiger charge is -1.94. The van der Waals surface area contributed by atoms with Gasteiger partial charge in [-0.15, -0.1) is 0 Å². The third kappa shape index (κ3) is 7.95. The summed E-state index contributed by atoms with van der Waals surface area (Å²) in [4.78, 5) is 1.37. The monoisotopic (exact) mass is 285 g/mol. The summed E-state index contributed by atoms with van der Waals surface area (Å²) in [6, 6.07) is 8.02. The molecule has 0 fully saturated rings. The highest BCUT2D eigenvalue weighted by atomic mass is 35.5. The topological polar surface area (TPSA) is 63.6 Å². The smallest absolute Gasteiger partial charge is 0.264 e. The van der Waals surface area contributed by atoms with Gasteiger partial charge in [0.2, 0.25) is 0 Å². The molecule has 1 rings (SSSR count). The lowest BCUT2D eigenvalue weighted by atomic mass is 10.4. The molecule has 0 aliphatic rings. The molecule has 0 bridgehead atoms. The van der Waals surface area contributed by atoms with Gasteiger partial charge in [0.15, 0.2) is 4.90 Å². The average molecular weight is 286 g/mol. The lowest BCUT2D eigenvalue weighted by molar-refractivity contribution is 0.324. The number of hydrogen-bond donors (Lipinski definition) is 1. The third-order valence-electron chi connectivity index (χ3n) is 1.50. The minimum Gasteiger partial charge on any atom is -0.264 e. The minimum absolute atomic E-state index is 0.354. The van der Waals surface area contributed by atoms with E-state index in [9.17, 15) is 8.42 Å². The second kappa shape index (κ2) is 7.13. The lowest BCUT2D eigenvalue weighted by Crippen LogP contribution is -1.96. The maximum Gasteiger partial charge on any atom is 0.397 e. The van der Waals surface area contributed by atoms with Crippen LogP contribution in [0.3, 0.4) is 0 Å². The van der Waals surface area contributed by atoms with Crippen molar-refractivity contribution >= 4 is 32.9 Å². The number of benzene rings is 1. The van der Waals surface area contributed by atoms with Gasteiger partial charge in [0, 0.05) is 15.9 Å². The second-order valence-corrected chi connectivity index (χ2v) is 6.59. The largest absolute Gasteiger partial charge is 0.397 e. The standard InChI is InChI=1S/C8H10ClS.CH4O4S/c1-10(2)8-5-3-7(9)4-6-8;1-5-6(2,3)4/h3-6H,1-2H3;1H3,(H,2,3,4)/q+1;. The summed E-state index contributed by atoms with van der Waals surface area (Å²) in [6.45, 7) is 0. The van der Waals surface area contributed by atoms with Gasteiger partial charge < -0.3 is 0 Å². The summed E-state index contributed by atoms with van der Waals surface area (Å²) in [5, 5.41) is 0.814. The van der Waals surface area contributed by atoms with Crippen LogP contribution in [-0.4, -0.2) is 32.6 Å². The SMILES string of the molecule is COS(=O)(=O)O.C[S+](C)c1ccc(Cl)cc1. The van der Waals surface area contributed by atoms with E-state index in [0.29, 0.717) is 10.9 Å². The zero-order chi connectivity index (χ0) is 12.8. The second-order valence-electron chi connectivity index (χ2n) is 2.86. The van der Waals surface area contributed by atoms with Crippen LogP contribution in [0.4, 0.5) is 0 Å². The fourth-order valence-corrected chi connectivity index (χ4v) is 1.51. The molecule has 0 radical (unpaired) electrons. The van der Waals surface area contributed by atoms with Crippen molar-refractivity contribution in [1.82, 2.24) is 0 Å². The summed E-state index contributed by atoms with van der Waals surface area (Å²) in [5.74, 6) is 0. The van der Waals surface area contributed by atoms with Crippen molar-refractivity contribution in [3.8, 4) is 0 Å². The molecule has 16 heavy (non-hydrogen) atoms. The molecule has 0 unspecified atom stereocenters. The molecule has 7 heteroatoms. The van der Waals surface area contributed by atoms with E-state index in [1.165, 1.54) is 4.90 Å². The highest BCUT2D eigenvalue weighted by Gasteiger charge is 2.05. The van der Waals surface area contributed by atoms with Crippen LogP contribution in [0.5, 0.6) is 0 Å². The molecule has 0 heterocycles. The molecule has 0 amide bonds. The molecular formula is C9H14ClO4S2+. The van der Waals surface area contributed by atoms with Crippen molar-refractivity contribution in [3.05, 3.63) is 29.3 Å². The van der Waals surface area contributed by atoms with Gasteiger partial charge >= 0.3 is 10.4 Å². The Morgan fingerprint density at radius 3 is 1.88 bits per heavy atom. The van der Waals surface area contributed by atoms with Crippen LogP contribution in [0.25, 0.3) is 0 Å². The zero-order valence-corrected chi connectivity index (χ0v) is 11.6. The molecule has 1 aromatic rings. The van der Waals surface area contributed by atoms with Crippen molar-refractivity contribution < 1.29 is 17.2 Å². The zero-order valence-electron chi connectivity index (χ0n) is 9.18. The van der Waals surface area contributed by atoms with Gasteiger partial charge in [0.25, 0.3) is 0 Å². The number of halogens is 1. The van der Waals surface area contributed by atoms with Crippen LogP contribution in [0.15, 0.2) is 29.2 Å². The fourth-order valence-electron chi connectivity index (χ4n) is 0.707. The van der Waals surface area contributed by atoms with E-state index >= 15 is 0 Å². The normalized spacial score (nSPS) is 10.9. The van der Waals surface area contributed by atoms with Gasteiger partial charge in [-0.25, -0.2) is 0 Å². The molecule has 4 nitrogen and oxygen atoms in total. The molecular weight excluding hydrogens is 272 g/mol. The number of hydrogen-bond acceptors (Lipinski definition) is 3. The molecule has 0 saturated heterocycles. The molecule has 1 N–H and O–H groups in total. The fraction of sp³-hybridized carbons (Fsp3) is 0.333. The van der Waals surface area contributed by atoms with Crippen LogP contribution in [-0.2, 0) is 25.5 Å². The summed E-state index contributed by atoms with van der Waals surface area (Å²) in [5.41, 5.74) is 0. The summed E-state index contributed by atoms with van der Waals surface area (Å²) < 4.78 is 29.7. The highest BCUT2D eigenvalue weighted by molar-refractivity contribution is 7.95. The molecule has 1 aromatic carbocycles. The van der Waals surface area contributed by atoms with Crippen molar-refractivity contribution in [3.63, 3.8) is 0 Å². The van der Waals surface area contributed by atoms with Gasteiger partial charge in [-0.2, -0.15) is 8.42 Å². The Morgan fingerprint density at radius 1 is 1.25 bits per heavy atom. The molecule has 0 aliphatic heterocycles. The third-order valence-corrected chi connectivity index (χ3v) is 3.38. The molecule has 0 spiro atoms. The van der Waals surface area contributed by atoms with Gasteiger partial charge in [-0.3, -0.25) is 8.74 Å². The van der Waals surface area contributed by atoms with E-state index in [0.717, 1.165) is 12.1 Å². The van der Waals surface area contributed by atoms with Crippen molar-refractivity contribution in [2.24, 2.45) is 0 Å². The van der Waals surface area contributed by atoms with Gasteiger partial charge in [-0.1, -0.05) is 11.6 Å². The van der Waals surface area contributed by atoms with E-state index < -0.39 is 10.4 Å². The minimum atomic E-state index is -4.16. The number of rotatable bonds is 2. The van der Waals surface area contributed by atoms with E-state index in [2.05, 4.69) is 28.8 Å². The van der Waals surface area contributed by atoms with Crippen LogP contribution < -0.4 is 0 Å². The maximum absolute atomic E-state index is 9.33. The maximum atomic E-state index is 9.33. The highest BCUT2D eigenvalue weighted by Crippen LogP contribution is 2.13. The molecule has 0 atom stereocenters. The Hall–Kier alpha value is -0.270. The Kier molecular flexibility index (Phi) is 7.01. The molecule has 92 valence electrons. The first-order valence-corrected chi connectivity index (χ1v) is 7.91. The predicted octanol–water partition coefficient (Wildman–Crippen LogP) is 2.01. The first-order valence-electron chi connectivity index (χ1n) is 4.12. The van der Waals surface area contributed by atoms with Gasteiger partial charge in [0.05, 0.1) is 7.11 Å². The van der Waals surface area contributed by atoms with Crippen molar-refractivity contribution in [2.75, 3.05) is 19.6 Å². The van der Waals surface area contributed by atoms with E-state index in [1.807, 2.05) is 12.1 Å². The van der Waals surface area contributed by atoms with Gasteiger partial charge in [-0.05, 0) is 24.3 Å². The van der Waals surface area contributed by atoms with Crippen LogP contribution in [0.1, 0.15) is 0 Å². The summed E-state index contributed by atoms with van der Waals surface area (Å²) in [6.07, 6.45) is 4.40. The average Bonchev–Trinajstić information content (AvgIpc) is 2.18. The van der Waals surface area contributed by atoms with Crippen LogP contribution in [0, 0.1) is 0 Å². The Morgan fingerprint density at radius 2 is 1.62 bits per heavy atom. The molecule has 0 aliphatic carbocycles. The van der Waals surface area contributed by atoms with E-state index in [-0.39, 0.29) is 0 Å². The van der Waals surface area contributed by atoms with E-state index in [1.54, 1.807) is 0 Å². The molecule has 0 saturated carbocycles. The van der Waals surface area contributed by atoms with Crippen LogP contribution in [0.2, 0.25) is 5.02 Å². The predicted molar refractivity (Wildman–Crippen MR) is 67.5 cm³/mol. The van der Waals surface area contributed by atoms with Crippen molar-refractivity contribution in [1.29, 1.82) is 0 Å². The van der Waals surface area contributed by atoms with Crippen molar-refractivity contribution in [2.45, 2.75) is 4.90 Å². The first-order chi connectivity index (χ1) is 7.26. The Bertz CT molecular complexity index is 400. The summed E-state index contributed by atoms with van der Waals surface area (Å²) >= 11 is 5.72.